The standard InChI is InChI=1S/C13H17F2NO2S/c1-2-16(11-6-7-19(17,18)9-11)8-10-4-3-5-12(14)13(10)15/h3-5,11H,2,6-9H2,1H3/t11-/m1/s1. The number of halogens is 2. The highest BCUT2D eigenvalue weighted by molar-refractivity contribution is 7.91. The molecule has 106 valence electrons. The summed E-state index contributed by atoms with van der Waals surface area (Å²) in [6.07, 6.45) is 0.563. The average Bonchev–Trinajstić information content (AvgIpc) is 2.71. The summed E-state index contributed by atoms with van der Waals surface area (Å²) in [4.78, 5) is 1.89. The van der Waals surface area contributed by atoms with Crippen LogP contribution in [0.2, 0.25) is 0 Å². The maximum atomic E-state index is 13.6. The molecule has 0 spiro atoms. The summed E-state index contributed by atoms with van der Waals surface area (Å²) in [6, 6.07) is 3.98. The molecule has 0 unspecified atom stereocenters. The van der Waals surface area contributed by atoms with E-state index >= 15 is 0 Å². The van der Waals surface area contributed by atoms with E-state index in [-0.39, 0.29) is 29.7 Å². The highest BCUT2D eigenvalue weighted by atomic mass is 32.2. The first-order valence-electron chi connectivity index (χ1n) is 6.30. The molecule has 0 radical (unpaired) electrons. The fourth-order valence-corrected chi connectivity index (χ4v) is 4.21. The molecule has 1 aromatic carbocycles. The molecule has 1 aromatic rings. The maximum Gasteiger partial charge on any atom is 0.163 e. The van der Waals surface area contributed by atoms with Crippen LogP contribution in [0.3, 0.4) is 0 Å². The van der Waals surface area contributed by atoms with Crippen molar-refractivity contribution in [3.63, 3.8) is 0 Å². The van der Waals surface area contributed by atoms with Crippen LogP contribution in [0.25, 0.3) is 0 Å². The Morgan fingerprint density at radius 2 is 2.11 bits per heavy atom. The number of hydrogen-bond donors (Lipinski definition) is 0. The lowest BCUT2D eigenvalue weighted by Gasteiger charge is -2.26. The van der Waals surface area contributed by atoms with Crippen molar-refractivity contribution >= 4 is 9.84 Å². The molecule has 1 saturated heterocycles. The highest BCUT2D eigenvalue weighted by Crippen LogP contribution is 2.21. The van der Waals surface area contributed by atoms with E-state index < -0.39 is 21.5 Å². The van der Waals surface area contributed by atoms with Gasteiger partial charge in [-0.1, -0.05) is 19.1 Å². The van der Waals surface area contributed by atoms with Crippen molar-refractivity contribution < 1.29 is 17.2 Å². The summed E-state index contributed by atoms with van der Waals surface area (Å²) >= 11 is 0. The Morgan fingerprint density at radius 1 is 1.37 bits per heavy atom. The van der Waals surface area contributed by atoms with E-state index in [4.69, 9.17) is 0 Å². The van der Waals surface area contributed by atoms with E-state index in [2.05, 4.69) is 0 Å². The van der Waals surface area contributed by atoms with Gasteiger partial charge < -0.3 is 0 Å². The summed E-state index contributed by atoms with van der Waals surface area (Å²) in [5.74, 6) is -1.42. The monoisotopic (exact) mass is 289 g/mol. The van der Waals surface area contributed by atoms with Gasteiger partial charge in [0.05, 0.1) is 11.5 Å². The summed E-state index contributed by atoms with van der Waals surface area (Å²) in [5.41, 5.74) is 0.270. The van der Waals surface area contributed by atoms with Crippen molar-refractivity contribution in [2.75, 3.05) is 18.1 Å². The van der Waals surface area contributed by atoms with E-state index in [1.54, 1.807) is 0 Å². The lowest BCUT2D eigenvalue weighted by atomic mass is 10.1. The van der Waals surface area contributed by atoms with Crippen molar-refractivity contribution in [1.29, 1.82) is 0 Å². The Bertz CT molecular complexity index is 560. The van der Waals surface area contributed by atoms with Crippen LogP contribution in [-0.2, 0) is 16.4 Å². The lowest BCUT2D eigenvalue weighted by Crippen LogP contribution is -2.35. The molecule has 2 rings (SSSR count). The molecule has 0 amide bonds. The van der Waals surface area contributed by atoms with E-state index in [1.807, 2.05) is 11.8 Å². The quantitative estimate of drug-likeness (QED) is 0.850. The van der Waals surface area contributed by atoms with Gasteiger partial charge in [0.15, 0.2) is 21.5 Å². The van der Waals surface area contributed by atoms with Gasteiger partial charge in [0.1, 0.15) is 0 Å². The third-order valence-electron chi connectivity index (χ3n) is 3.54. The summed E-state index contributed by atoms with van der Waals surface area (Å²) in [6.45, 7) is 2.73. The van der Waals surface area contributed by atoms with Gasteiger partial charge in [-0.15, -0.1) is 0 Å². The number of hydrogen-bond acceptors (Lipinski definition) is 3. The fraction of sp³-hybridized carbons (Fsp3) is 0.538. The van der Waals surface area contributed by atoms with Gasteiger partial charge in [-0.05, 0) is 19.0 Å². The zero-order valence-electron chi connectivity index (χ0n) is 10.8. The largest absolute Gasteiger partial charge is 0.295 e. The molecule has 0 saturated carbocycles. The lowest BCUT2D eigenvalue weighted by molar-refractivity contribution is 0.211. The third kappa shape index (κ3) is 3.30. The molecule has 1 aliphatic heterocycles. The number of sulfone groups is 1. The number of benzene rings is 1. The van der Waals surface area contributed by atoms with Crippen molar-refractivity contribution in [3.05, 3.63) is 35.4 Å². The first-order valence-corrected chi connectivity index (χ1v) is 8.12. The summed E-state index contributed by atoms with van der Waals surface area (Å²) < 4.78 is 49.7. The SMILES string of the molecule is CCN(Cc1cccc(F)c1F)[C@@H]1CCS(=O)(=O)C1. The van der Waals surface area contributed by atoms with Crippen LogP contribution in [-0.4, -0.2) is 37.4 Å². The Hall–Kier alpha value is -1.01. The van der Waals surface area contributed by atoms with Gasteiger partial charge >= 0.3 is 0 Å². The van der Waals surface area contributed by atoms with Gasteiger partial charge in [0.25, 0.3) is 0 Å². The minimum absolute atomic E-state index is 0.0994. The predicted molar refractivity (Wildman–Crippen MR) is 69.5 cm³/mol. The van der Waals surface area contributed by atoms with Crippen LogP contribution in [0, 0.1) is 11.6 Å². The topological polar surface area (TPSA) is 37.4 Å². The second kappa shape index (κ2) is 5.54. The van der Waals surface area contributed by atoms with Gasteiger partial charge in [-0.25, -0.2) is 17.2 Å². The molecule has 6 heteroatoms. The molecule has 1 atom stereocenters. The first kappa shape index (κ1) is 14.4. The van der Waals surface area contributed by atoms with E-state index in [0.717, 1.165) is 6.07 Å². The van der Waals surface area contributed by atoms with Gasteiger partial charge in [-0.3, -0.25) is 4.90 Å². The predicted octanol–water partition coefficient (Wildman–Crippen LogP) is 1.97. The van der Waals surface area contributed by atoms with Crippen LogP contribution in [0.5, 0.6) is 0 Å². The molecule has 1 fully saturated rings. The maximum absolute atomic E-state index is 13.6. The number of rotatable bonds is 4. The average molecular weight is 289 g/mol. The second-order valence-corrected chi connectivity index (χ2v) is 7.06. The van der Waals surface area contributed by atoms with Crippen molar-refractivity contribution in [1.82, 2.24) is 4.90 Å². The Balaban J connectivity index is 2.14. The van der Waals surface area contributed by atoms with Crippen LogP contribution >= 0.6 is 0 Å². The minimum Gasteiger partial charge on any atom is -0.295 e. The van der Waals surface area contributed by atoms with Crippen molar-refractivity contribution in [2.45, 2.75) is 25.9 Å². The number of nitrogens with zero attached hydrogens (tertiary/aromatic N) is 1. The molecule has 0 aliphatic carbocycles. The zero-order valence-corrected chi connectivity index (χ0v) is 11.6. The van der Waals surface area contributed by atoms with Crippen LogP contribution in [0.1, 0.15) is 18.9 Å². The van der Waals surface area contributed by atoms with Crippen LogP contribution < -0.4 is 0 Å². The van der Waals surface area contributed by atoms with Gasteiger partial charge in [-0.2, -0.15) is 0 Å². The molecule has 0 bridgehead atoms. The molecule has 0 N–H and O–H groups in total. The first-order chi connectivity index (χ1) is 8.93. The Kier molecular flexibility index (Phi) is 4.20. The van der Waals surface area contributed by atoms with Crippen LogP contribution in [0.15, 0.2) is 18.2 Å². The second-order valence-electron chi connectivity index (χ2n) is 4.83. The molecule has 3 nitrogen and oxygen atoms in total. The summed E-state index contributed by atoms with van der Waals surface area (Å²) in [5, 5.41) is 0. The molecular weight excluding hydrogens is 272 g/mol. The van der Waals surface area contributed by atoms with Gasteiger partial charge in [0, 0.05) is 18.2 Å². The zero-order chi connectivity index (χ0) is 14.0. The van der Waals surface area contributed by atoms with Gasteiger partial charge in [0.2, 0.25) is 0 Å². The van der Waals surface area contributed by atoms with Crippen molar-refractivity contribution in [2.24, 2.45) is 0 Å². The van der Waals surface area contributed by atoms with E-state index in [9.17, 15) is 17.2 Å². The molecular formula is C13H17F2NO2S. The van der Waals surface area contributed by atoms with Crippen LogP contribution in [0.4, 0.5) is 8.78 Å². The van der Waals surface area contributed by atoms with E-state index in [1.165, 1.54) is 12.1 Å². The molecule has 19 heavy (non-hydrogen) atoms. The Labute approximate surface area is 112 Å². The summed E-state index contributed by atoms with van der Waals surface area (Å²) in [7, 11) is -2.97. The Morgan fingerprint density at radius 3 is 2.68 bits per heavy atom. The fourth-order valence-electron chi connectivity index (χ4n) is 2.45. The smallest absolute Gasteiger partial charge is 0.163 e. The van der Waals surface area contributed by atoms with E-state index in [0.29, 0.717) is 13.0 Å². The minimum atomic E-state index is -2.97. The third-order valence-corrected chi connectivity index (χ3v) is 5.29. The van der Waals surface area contributed by atoms with Crippen molar-refractivity contribution in [3.8, 4) is 0 Å². The molecule has 1 heterocycles. The molecule has 1 aliphatic rings. The highest BCUT2D eigenvalue weighted by Gasteiger charge is 2.31. The normalized spacial score (nSPS) is 22.0. The molecule has 0 aromatic heterocycles.